The van der Waals surface area contributed by atoms with Crippen LogP contribution in [0.1, 0.15) is 55.9 Å². The number of benzene rings is 4. The summed E-state index contributed by atoms with van der Waals surface area (Å²) >= 11 is 0. The summed E-state index contributed by atoms with van der Waals surface area (Å²) in [7, 11) is 0. The number of hydrogen-bond donors (Lipinski definition) is 0. The Balaban J connectivity index is 1.62. The van der Waals surface area contributed by atoms with Gasteiger partial charge in [-0.25, -0.2) is 8.78 Å². The minimum Gasteiger partial charge on any atom is -0.203 e. The Labute approximate surface area is 215 Å². The molecule has 4 aromatic rings. The van der Waals surface area contributed by atoms with Crippen molar-refractivity contribution in [1.29, 1.82) is 0 Å². The van der Waals surface area contributed by atoms with Gasteiger partial charge in [0.25, 0.3) is 0 Å². The van der Waals surface area contributed by atoms with Crippen molar-refractivity contribution >= 4 is 0 Å². The monoisotopic (exact) mass is 482 g/mol. The molecule has 0 bridgehead atoms. The molecule has 0 spiro atoms. The summed E-state index contributed by atoms with van der Waals surface area (Å²) in [6.45, 7) is 10.7. The van der Waals surface area contributed by atoms with E-state index in [0.29, 0.717) is 17.0 Å². The lowest BCUT2D eigenvalue weighted by Gasteiger charge is -2.17. The zero-order chi connectivity index (χ0) is 25.8. The molecule has 0 aromatic heterocycles. The molecule has 0 N–H and O–H groups in total. The van der Waals surface area contributed by atoms with Gasteiger partial charge in [-0.05, 0) is 77.1 Å². The number of aryl methyl sites for hydroxylation is 3. The quantitative estimate of drug-likeness (QED) is 0.234. The molecule has 0 saturated heterocycles. The van der Waals surface area contributed by atoms with Crippen molar-refractivity contribution in [2.24, 2.45) is 5.92 Å². The zero-order valence-corrected chi connectivity index (χ0v) is 22.1. The maximum atomic E-state index is 15.3. The van der Waals surface area contributed by atoms with Crippen molar-refractivity contribution in [3.63, 3.8) is 0 Å². The minimum absolute atomic E-state index is 0.280. The van der Waals surface area contributed by atoms with E-state index in [1.165, 1.54) is 11.1 Å². The van der Waals surface area contributed by atoms with E-state index in [1.54, 1.807) is 12.1 Å². The summed E-state index contributed by atoms with van der Waals surface area (Å²) in [5.74, 6) is -1.01. The number of halogens is 2. The standard InChI is InChI=1S/C34H36F2/c1-6-8-25-9-11-26(12-10-25)27-13-15-28(16-14-27)30-17-18-31(34(36)33(30)35)29-20-23(4)32(24(5)21-29)19-22(3)7-2/h9-18,20-22H,6-8,19H2,1-5H3. The van der Waals surface area contributed by atoms with Crippen molar-refractivity contribution in [3.05, 3.63) is 107 Å². The van der Waals surface area contributed by atoms with Gasteiger partial charge in [0.2, 0.25) is 0 Å². The van der Waals surface area contributed by atoms with Gasteiger partial charge >= 0.3 is 0 Å². The van der Waals surface area contributed by atoms with E-state index >= 15 is 8.78 Å². The van der Waals surface area contributed by atoms with Gasteiger partial charge in [0, 0.05) is 11.1 Å². The number of rotatable bonds is 8. The van der Waals surface area contributed by atoms with Gasteiger partial charge in [0.05, 0.1) is 0 Å². The molecule has 4 rings (SSSR count). The smallest absolute Gasteiger partial charge is 0.167 e. The molecule has 0 amide bonds. The summed E-state index contributed by atoms with van der Waals surface area (Å²) in [6, 6.07) is 23.6. The highest BCUT2D eigenvalue weighted by Gasteiger charge is 2.18. The maximum absolute atomic E-state index is 15.3. The molecule has 36 heavy (non-hydrogen) atoms. The van der Waals surface area contributed by atoms with Gasteiger partial charge in [-0.1, -0.05) is 106 Å². The van der Waals surface area contributed by atoms with E-state index < -0.39 is 11.6 Å². The molecule has 0 nitrogen and oxygen atoms in total. The van der Waals surface area contributed by atoms with Crippen LogP contribution in [0.4, 0.5) is 8.78 Å². The molecule has 0 aliphatic rings. The van der Waals surface area contributed by atoms with Crippen LogP contribution in [0.15, 0.2) is 72.8 Å². The van der Waals surface area contributed by atoms with Crippen LogP contribution >= 0.6 is 0 Å². The topological polar surface area (TPSA) is 0 Å². The Morgan fingerprint density at radius 1 is 0.639 bits per heavy atom. The third-order valence-corrected chi connectivity index (χ3v) is 7.36. The highest BCUT2D eigenvalue weighted by Crippen LogP contribution is 2.34. The van der Waals surface area contributed by atoms with E-state index in [1.807, 2.05) is 36.4 Å². The Hall–Kier alpha value is -3.26. The van der Waals surface area contributed by atoms with Crippen LogP contribution in [0.5, 0.6) is 0 Å². The van der Waals surface area contributed by atoms with Gasteiger partial charge in [-0.2, -0.15) is 0 Å². The molecular weight excluding hydrogens is 446 g/mol. The van der Waals surface area contributed by atoms with Crippen LogP contribution in [-0.4, -0.2) is 0 Å². The fourth-order valence-electron chi connectivity index (χ4n) is 4.95. The molecule has 4 aromatic carbocycles. The van der Waals surface area contributed by atoms with Crippen molar-refractivity contribution in [3.8, 4) is 33.4 Å². The SMILES string of the molecule is CCCc1ccc(-c2ccc(-c3ccc(-c4cc(C)c(CC(C)CC)c(C)c4)c(F)c3F)cc2)cc1. The molecule has 0 radical (unpaired) electrons. The second-order valence-electron chi connectivity index (χ2n) is 10.1. The lowest BCUT2D eigenvalue weighted by molar-refractivity contribution is 0.514. The van der Waals surface area contributed by atoms with E-state index in [0.717, 1.165) is 53.5 Å². The van der Waals surface area contributed by atoms with Gasteiger partial charge in [-0.15, -0.1) is 0 Å². The summed E-state index contributed by atoms with van der Waals surface area (Å²) in [5, 5.41) is 0. The summed E-state index contributed by atoms with van der Waals surface area (Å²) in [5.41, 5.74) is 9.05. The second-order valence-corrected chi connectivity index (χ2v) is 10.1. The predicted molar refractivity (Wildman–Crippen MR) is 149 cm³/mol. The van der Waals surface area contributed by atoms with Gasteiger partial charge in [0.15, 0.2) is 11.6 Å². The second kappa shape index (κ2) is 11.2. The lowest BCUT2D eigenvalue weighted by atomic mass is 9.89. The van der Waals surface area contributed by atoms with Gasteiger partial charge < -0.3 is 0 Å². The van der Waals surface area contributed by atoms with E-state index in [9.17, 15) is 0 Å². The van der Waals surface area contributed by atoms with Gasteiger partial charge in [0.1, 0.15) is 0 Å². The highest BCUT2D eigenvalue weighted by molar-refractivity contribution is 5.75. The van der Waals surface area contributed by atoms with Crippen LogP contribution in [0, 0.1) is 31.4 Å². The predicted octanol–water partition coefficient (Wildman–Crippen LogP) is 10.1. The molecular formula is C34H36F2. The van der Waals surface area contributed by atoms with Crippen molar-refractivity contribution in [2.45, 2.75) is 60.3 Å². The maximum Gasteiger partial charge on any atom is 0.167 e. The van der Waals surface area contributed by atoms with E-state index in [2.05, 4.69) is 58.9 Å². The van der Waals surface area contributed by atoms with Crippen LogP contribution in [-0.2, 0) is 12.8 Å². The summed E-state index contributed by atoms with van der Waals surface area (Å²) < 4.78 is 30.6. The normalized spacial score (nSPS) is 12.1. The van der Waals surface area contributed by atoms with E-state index in [4.69, 9.17) is 0 Å². The Kier molecular flexibility index (Phi) is 8.04. The van der Waals surface area contributed by atoms with Crippen LogP contribution in [0.2, 0.25) is 0 Å². The molecule has 0 heterocycles. The fourth-order valence-corrected chi connectivity index (χ4v) is 4.95. The third-order valence-electron chi connectivity index (χ3n) is 7.36. The van der Waals surface area contributed by atoms with Crippen LogP contribution in [0.3, 0.4) is 0 Å². The summed E-state index contributed by atoms with van der Waals surface area (Å²) in [6.07, 6.45) is 4.32. The molecule has 2 heteroatoms. The molecule has 186 valence electrons. The number of hydrogen-bond acceptors (Lipinski definition) is 0. The van der Waals surface area contributed by atoms with Crippen LogP contribution in [0.25, 0.3) is 33.4 Å². The molecule has 0 aliphatic carbocycles. The average Bonchev–Trinajstić information content (AvgIpc) is 2.88. The van der Waals surface area contributed by atoms with Crippen LogP contribution < -0.4 is 0 Å². The largest absolute Gasteiger partial charge is 0.203 e. The first-order valence-electron chi connectivity index (χ1n) is 13.1. The zero-order valence-electron chi connectivity index (χ0n) is 22.1. The lowest BCUT2D eigenvalue weighted by Crippen LogP contribution is -2.03. The first-order chi connectivity index (χ1) is 17.3. The van der Waals surface area contributed by atoms with Crippen molar-refractivity contribution in [2.75, 3.05) is 0 Å². The first kappa shape index (κ1) is 25.8. The molecule has 0 aliphatic heterocycles. The first-order valence-corrected chi connectivity index (χ1v) is 13.1. The Morgan fingerprint density at radius 3 is 1.61 bits per heavy atom. The average molecular weight is 483 g/mol. The fraction of sp³-hybridized carbons (Fsp3) is 0.294. The third kappa shape index (κ3) is 5.43. The highest BCUT2D eigenvalue weighted by atomic mass is 19.2. The van der Waals surface area contributed by atoms with Crippen molar-refractivity contribution in [1.82, 2.24) is 0 Å². The van der Waals surface area contributed by atoms with E-state index in [-0.39, 0.29) is 5.56 Å². The van der Waals surface area contributed by atoms with Gasteiger partial charge in [-0.3, -0.25) is 0 Å². The Bertz CT molecular complexity index is 1310. The molecule has 0 fully saturated rings. The summed E-state index contributed by atoms with van der Waals surface area (Å²) in [4.78, 5) is 0. The van der Waals surface area contributed by atoms with Crippen molar-refractivity contribution < 1.29 is 8.78 Å². The molecule has 1 atom stereocenters. The Morgan fingerprint density at radius 2 is 1.11 bits per heavy atom. The minimum atomic E-state index is -0.803. The molecule has 1 unspecified atom stereocenters. The molecule has 0 saturated carbocycles.